The van der Waals surface area contributed by atoms with Crippen LogP contribution in [0.15, 0.2) is 12.2 Å². The third-order valence-electron chi connectivity index (χ3n) is 3.52. The van der Waals surface area contributed by atoms with Crippen molar-refractivity contribution in [1.82, 2.24) is 0 Å². The Morgan fingerprint density at radius 1 is 1.16 bits per heavy atom. The van der Waals surface area contributed by atoms with Gasteiger partial charge in [-0.2, -0.15) is 0 Å². The molecule has 3 atom stereocenters. The summed E-state index contributed by atoms with van der Waals surface area (Å²) >= 11 is 0. The maximum Gasteiger partial charge on any atom is 0.221 e. The van der Waals surface area contributed by atoms with Crippen molar-refractivity contribution < 1.29 is 9.59 Å². The van der Waals surface area contributed by atoms with Crippen molar-refractivity contribution in [2.75, 3.05) is 0 Å². The summed E-state index contributed by atoms with van der Waals surface area (Å²) in [6.45, 7) is 9.93. The first-order chi connectivity index (χ1) is 8.79. The highest BCUT2D eigenvalue weighted by molar-refractivity contribution is 5.87. The number of rotatable bonds is 9. The molecule has 19 heavy (non-hydrogen) atoms. The molecule has 1 amide bonds. The van der Waals surface area contributed by atoms with Crippen molar-refractivity contribution >= 4 is 11.7 Å². The molecule has 0 spiro atoms. The summed E-state index contributed by atoms with van der Waals surface area (Å²) in [5, 5.41) is 0. The lowest BCUT2D eigenvalue weighted by Gasteiger charge is -2.23. The van der Waals surface area contributed by atoms with E-state index in [-0.39, 0.29) is 23.5 Å². The Kier molecular flexibility index (Phi) is 8.37. The molecule has 0 aliphatic heterocycles. The van der Waals surface area contributed by atoms with Crippen LogP contribution in [0.1, 0.15) is 53.9 Å². The van der Waals surface area contributed by atoms with Gasteiger partial charge in [0.25, 0.3) is 0 Å². The summed E-state index contributed by atoms with van der Waals surface area (Å²) < 4.78 is 0. The second kappa shape index (κ2) is 8.89. The first-order valence-corrected chi connectivity index (χ1v) is 7.22. The maximum atomic E-state index is 12.1. The first-order valence-electron chi connectivity index (χ1n) is 7.22. The van der Waals surface area contributed by atoms with E-state index < -0.39 is 0 Å². The molecule has 2 N–H and O–H groups in total. The molecule has 0 saturated carbocycles. The van der Waals surface area contributed by atoms with Crippen molar-refractivity contribution in [2.45, 2.75) is 53.9 Å². The third-order valence-corrected chi connectivity index (χ3v) is 3.52. The van der Waals surface area contributed by atoms with E-state index in [1.807, 2.05) is 33.8 Å². The van der Waals surface area contributed by atoms with Gasteiger partial charge in [-0.15, -0.1) is 0 Å². The fraction of sp³-hybridized carbons (Fsp3) is 0.750. The molecule has 0 aromatic rings. The van der Waals surface area contributed by atoms with E-state index in [9.17, 15) is 9.59 Å². The van der Waals surface area contributed by atoms with E-state index >= 15 is 0 Å². The van der Waals surface area contributed by atoms with Crippen LogP contribution in [0.25, 0.3) is 0 Å². The number of hydrogen-bond donors (Lipinski definition) is 1. The number of primary amides is 1. The fourth-order valence-electron chi connectivity index (χ4n) is 2.28. The third kappa shape index (κ3) is 7.14. The summed E-state index contributed by atoms with van der Waals surface area (Å²) in [7, 11) is 0. The number of nitrogens with two attached hydrogens (primary N) is 1. The molecule has 0 aromatic carbocycles. The van der Waals surface area contributed by atoms with Gasteiger partial charge in [0.15, 0.2) is 0 Å². The van der Waals surface area contributed by atoms with Crippen molar-refractivity contribution in [1.29, 1.82) is 0 Å². The molecule has 0 aliphatic rings. The summed E-state index contributed by atoms with van der Waals surface area (Å²) in [5.74, 6) is -0.125. The van der Waals surface area contributed by atoms with Gasteiger partial charge >= 0.3 is 0 Å². The molecule has 0 saturated heterocycles. The monoisotopic (exact) mass is 267 g/mol. The van der Waals surface area contributed by atoms with Gasteiger partial charge in [-0.25, -0.2) is 0 Å². The quantitative estimate of drug-likeness (QED) is 0.651. The Balaban J connectivity index is 4.63. The molecule has 0 radical (unpaired) electrons. The minimum absolute atomic E-state index is 0.150. The Hall–Kier alpha value is -1.12. The minimum atomic E-state index is -0.350. The minimum Gasteiger partial charge on any atom is -0.369 e. The largest absolute Gasteiger partial charge is 0.369 e. The SMILES string of the molecule is C/C=C/C[C@@H](C)C[C@@H](C(N)=O)C(C)C(=O)CC(C)C. The Labute approximate surface area is 117 Å². The molecule has 1 unspecified atom stereocenters. The smallest absolute Gasteiger partial charge is 0.221 e. The summed E-state index contributed by atoms with van der Waals surface area (Å²) in [6, 6.07) is 0. The van der Waals surface area contributed by atoms with Crippen LogP contribution in [0.2, 0.25) is 0 Å². The molecule has 0 heterocycles. The molecule has 110 valence electrons. The van der Waals surface area contributed by atoms with E-state index in [1.54, 1.807) is 0 Å². The zero-order valence-corrected chi connectivity index (χ0v) is 13.0. The lowest BCUT2D eigenvalue weighted by atomic mass is 9.80. The van der Waals surface area contributed by atoms with Crippen LogP contribution in [-0.4, -0.2) is 11.7 Å². The molecule has 0 bridgehead atoms. The number of hydrogen-bond acceptors (Lipinski definition) is 2. The highest BCUT2D eigenvalue weighted by Crippen LogP contribution is 2.25. The van der Waals surface area contributed by atoms with Gasteiger partial charge < -0.3 is 5.73 Å². The van der Waals surface area contributed by atoms with Crippen LogP contribution >= 0.6 is 0 Å². The van der Waals surface area contributed by atoms with Gasteiger partial charge in [-0.05, 0) is 31.6 Å². The summed E-state index contributed by atoms with van der Waals surface area (Å²) in [5.41, 5.74) is 5.47. The molecule has 0 fully saturated rings. The van der Waals surface area contributed by atoms with Crippen molar-refractivity contribution in [3.63, 3.8) is 0 Å². The zero-order valence-electron chi connectivity index (χ0n) is 13.0. The van der Waals surface area contributed by atoms with Crippen molar-refractivity contribution in [2.24, 2.45) is 29.4 Å². The van der Waals surface area contributed by atoms with E-state index in [0.29, 0.717) is 24.7 Å². The number of allylic oxidation sites excluding steroid dienone is 2. The second-order valence-corrected chi connectivity index (χ2v) is 6.01. The van der Waals surface area contributed by atoms with Gasteiger partial charge in [0, 0.05) is 18.3 Å². The predicted octanol–water partition coefficient (Wildman–Crippen LogP) is 3.33. The van der Waals surface area contributed by atoms with Gasteiger partial charge in [0.2, 0.25) is 5.91 Å². The number of ketones is 1. The van der Waals surface area contributed by atoms with E-state index in [1.165, 1.54) is 0 Å². The molecule has 3 heteroatoms. The number of carbonyl (C=O) groups excluding carboxylic acids is 2. The Morgan fingerprint density at radius 3 is 2.16 bits per heavy atom. The number of amides is 1. The predicted molar refractivity (Wildman–Crippen MR) is 79.5 cm³/mol. The first kappa shape index (κ1) is 17.9. The lowest BCUT2D eigenvalue weighted by molar-refractivity contribution is -0.132. The van der Waals surface area contributed by atoms with Crippen LogP contribution < -0.4 is 5.73 Å². The van der Waals surface area contributed by atoms with E-state index in [4.69, 9.17) is 5.73 Å². The average Bonchev–Trinajstić information content (AvgIpc) is 2.31. The Bertz CT molecular complexity index is 321. The maximum absolute atomic E-state index is 12.1. The molecule has 3 nitrogen and oxygen atoms in total. The number of carbonyl (C=O) groups is 2. The summed E-state index contributed by atoms with van der Waals surface area (Å²) in [4.78, 5) is 23.7. The summed E-state index contributed by atoms with van der Waals surface area (Å²) in [6.07, 6.45) is 6.22. The average molecular weight is 267 g/mol. The van der Waals surface area contributed by atoms with Crippen molar-refractivity contribution in [3.8, 4) is 0 Å². The second-order valence-electron chi connectivity index (χ2n) is 6.01. The Morgan fingerprint density at radius 2 is 1.74 bits per heavy atom. The van der Waals surface area contributed by atoms with Gasteiger partial charge in [0.05, 0.1) is 0 Å². The highest BCUT2D eigenvalue weighted by Gasteiger charge is 2.29. The standard InChI is InChI=1S/C16H29NO2/c1-6-7-8-12(4)10-14(16(17)19)13(5)15(18)9-11(2)3/h6-7,11-14H,8-10H2,1-5H3,(H2,17,19)/b7-6+/t12-,13?,14-/m1/s1. The van der Waals surface area contributed by atoms with Crippen LogP contribution in [0, 0.1) is 23.7 Å². The van der Waals surface area contributed by atoms with E-state index in [2.05, 4.69) is 13.0 Å². The molecular formula is C16H29NO2. The highest BCUT2D eigenvalue weighted by atomic mass is 16.1. The zero-order chi connectivity index (χ0) is 15.0. The molecule has 0 rings (SSSR count). The van der Waals surface area contributed by atoms with Crippen LogP contribution in [-0.2, 0) is 9.59 Å². The van der Waals surface area contributed by atoms with Gasteiger partial charge in [0.1, 0.15) is 5.78 Å². The topological polar surface area (TPSA) is 60.2 Å². The van der Waals surface area contributed by atoms with Gasteiger partial charge in [-0.1, -0.05) is 39.8 Å². The van der Waals surface area contributed by atoms with Crippen molar-refractivity contribution in [3.05, 3.63) is 12.2 Å². The molecular weight excluding hydrogens is 238 g/mol. The van der Waals surface area contributed by atoms with Crippen LogP contribution in [0.4, 0.5) is 0 Å². The lowest BCUT2D eigenvalue weighted by Crippen LogP contribution is -2.34. The molecule has 0 aliphatic carbocycles. The molecule has 0 aromatic heterocycles. The normalized spacial score (nSPS) is 16.5. The number of Topliss-reactive ketones (excluding diaryl/α,β-unsaturated/α-hetero) is 1. The fourth-order valence-corrected chi connectivity index (χ4v) is 2.28. The van der Waals surface area contributed by atoms with Crippen LogP contribution in [0.5, 0.6) is 0 Å². The van der Waals surface area contributed by atoms with Gasteiger partial charge in [-0.3, -0.25) is 9.59 Å². The van der Waals surface area contributed by atoms with E-state index in [0.717, 1.165) is 6.42 Å². The van der Waals surface area contributed by atoms with Crippen LogP contribution in [0.3, 0.4) is 0 Å².